The first-order chi connectivity index (χ1) is 10.5. The standard InChI is InChI=1S/C17H16N2O3/c1-10(11-3-2-4-13(20)7-11)18-17(22)16-9-12-8-14(21)5-6-15(12)19-16/h2-10,19-21H,1H3,(H,18,22)/t10-/m1/s1. The average Bonchev–Trinajstić information content (AvgIpc) is 2.90. The number of fused-ring (bicyclic) bond motifs is 1. The van der Waals surface area contributed by atoms with Crippen molar-refractivity contribution in [2.24, 2.45) is 0 Å². The lowest BCUT2D eigenvalue weighted by molar-refractivity contribution is 0.0935. The maximum absolute atomic E-state index is 12.3. The fourth-order valence-electron chi connectivity index (χ4n) is 2.39. The summed E-state index contributed by atoms with van der Waals surface area (Å²) in [5.41, 5.74) is 2.03. The fourth-order valence-corrected chi connectivity index (χ4v) is 2.39. The molecule has 1 atom stereocenters. The Balaban J connectivity index is 1.80. The van der Waals surface area contributed by atoms with Crippen LogP contribution in [0.3, 0.4) is 0 Å². The first-order valence-corrected chi connectivity index (χ1v) is 6.94. The SMILES string of the molecule is C[C@@H](NC(=O)c1cc2cc(O)ccc2[nH]1)c1cccc(O)c1. The van der Waals surface area contributed by atoms with Crippen molar-refractivity contribution in [1.82, 2.24) is 10.3 Å². The molecule has 0 radical (unpaired) electrons. The predicted octanol–water partition coefficient (Wildman–Crippen LogP) is 3.07. The highest BCUT2D eigenvalue weighted by atomic mass is 16.3. The molecule has 3 aromatic rings. The molecular weight excluding hydrogens is 280 g/mol. The van der Waals surface area contributed by atoms with Crippen molar-refractivity contribution in [3.8, 4) is 11.5 Å². The van der Waals surface area contributed by atoms with Crippen LogP contribution in [-0.4, -0.2) is 21.1 Å². The van der Waals surface area contributed by atoms with Crippen molar-refractivity contribution < 1.29 is 15.0 Å². The summed E-state index contributed by atoms with van der Waals surface area (Å²) in [5.74, 6) is 0.0813. The molecule has 5 nitrogen and oxygen atoms in total. The normalized spacial score (nSPS) is 12.2. The highest BCUT2D eigenvalue weighted by Crippen LogP contribution is 2.22. The van der Waals surface area contributed by atoms with Gasteiger partial charge in [0.15, 0.2) is 0 Å². The molecule has 1 heterocycles. The minimum absolute atomic E-state index is 0.159. The summed E-state index contributed by atoms with van der Waals surface area (Å²) in [4.78, 5) is 15.3. The molecule has 0 spiro atoms. The number of aromatic hydroxyl groups is 2. The number of amides is 1. The second-order valence-corrected chi connectivity index (χ2v) is 5.24. The lowest BCUT2D eigenvalue weighted by Gasteiger charge is -2.13. The highest BCUT2D eigenvalue weighted by molar-refractivity contribution is 5.98. The van der Waals surface area contributed by atoms with E-state index in [2.05, 4.69) is 10.3 Å². The maximum Gasteiger partial charge on any atom is 0.268 e. The molecule has 112 valence electrons. The zero-order valence-corrected chi connectivity index (χ0v) is 12.0. The van der Waals surface area contributed by atoms with Gasteiger partial charge in [-0.2, -0.15) is 0 Å². The van der Waals surface area contributed by atoms with Gasteiger partial charge in [0.2, 0.25) is 0 Å². The molecular formula is C17H16N2O3. The molecule has 0 saturated heterocycles. The maximum atomic E-state index is 12.3. The largest absolute Gasteiger partial charge is 0.508 e. The van der Waals surface area contributed by atoms with Crippen LogP contribution in [0.4, 0.5) is 0 Å². The minimum Gasteiger partial charge on any atom is -0.508 e. The van der Waals surface area contributed by atoms with Crippen LogP contribution in [0.5, 0.6) is 11.5 Å². The molecule has 2 aromatic carbocycles. The Kier molecular flexibility index (Phi) is 3.47. The predicted molar refractivity (Wildman–Crippen MR) is 84.0 cm³/mol. The number of H-pyrrole nitrogens is 1. The first-order valence-electron chi connectivity index (χ1n) is 6.94. The Hall–Kier alpha value is -2.95. The quantitative estimate of drug-likeness (QED) is 0.599. The second-order valence-electron chi connectivity index (χ2n) is 5.24. The van der Waals surface area contributed by atoms with E-state index in [1.165, 1.54) is 0 Å². The van der Waals surface area contributed by atoms with Crippen molar-refractivity contribution in [2.75, 3.05) is 0 Å². The number of hydrogen-bond donors (Lipinski definition) is 4. The minimum atomic E-state index is -0.244. The second kappa shape index (κ2) is 5.44. The number of rotatable bonds is 3. The van der Waals surface area contributed by atoms with Gasteiger partial charge in [-0.1, -0.05) is 12.1 Å². The Morgan fingerprint density at radius 1 is 1.09 bits per heavy atom. The zero-order valence-electron chi connectivity index (χ0n) is 12.0. The molecule has 1 amide bonds. The number of aromatic amines is 1. The monoisotopic (exact) mass is 296 g/mol. The van der Waals surface area contributed by atoms with Crippen LogP contribution < -0.4 is 5.32 Å². The molecule has 0 saturated carbocycles. The van der Waals surface area contributed by atoms with E-state index in [1.54, 1.807) is 42.5 Å². The molecule has 1 aromatic heterocycles. The smallest absolute Gasteiger partial charge is 0.268 e. The van der Waals surface area contributed by atoms with Crippen LogP contribution in [0.15, 0.2) is 48.5 Å². The number of carbonyl (C=O) groups excluding carboxylic acids is 1. The molecule has 0 fully saturated rings. The topological polar surface area (TPSA) is 85.4 Å². The Morgan fingerprint density at radius 2 is 1.86 bits per heavy atom. The first kappa shape index (κ1) is 14.0. The van der Waals surface area contributed by atoms with Crippen molar-refractivity contribution in [1.29, 1.82) is 0 Å². The summed E-state index contributed by atoms with van der Waals surface area (Å²) in [6.45, 7) is 1.85. The summed E-state index contributed by atoms with van der Waals surface area (Å²) in [7, 11) is 0. The van der Waals surface area contributed by atoms with Gasteiger partial charge in [0.25, 0.3) is 5.91 Å². The lowest BCUT2D eigenvalue weighted by atomic mass is 10.1. The van der Waals surface area contributed by atoms with E-state index < -0.39 is 0 Å². The van der Waals surface area contributed by atoms with Gasteiger partial charge in [0.1, 0.15) is 17.2 Å². The van der Waals surface area contributed by atoms with Gasteiger partial charge in [-0.05, 0) is 48.9 Å². The van der Waals surface area contributed by atoms with Gasteiger partial charge >= 0.3 is 0 Å². The van der Waals surface area contributed by atoms with Crippen molar-refractivity contribution in [2.45, 2.75) is 13.0 Å². The molecule has 5 heteroatoms. The average molecular weight is 296 g/mol. The van der Waals surface area contributed by atoms with Gasteiger partial charge in [-0.3, -0.25) is 4.79 Å². The van der Waals surface area contributed by atoms with Crippen LogP contribution >= 0.6 is 0 Å². The van der Waals surface area contributed by atoms with Crippen LogP contribution in [0, 0.1) is 0 Å². The fraction of sp³-hybridized carbons (Fsp3) is 0.118. The molecule has 0 aliphatic carbocycles. The summed E-state index contributed by atoms with van der Waals surface area (Å²) in [5, 5.41) is 22.6. The Labute approximate surface area is 127 Å². The van der Waals surface area contributed by atoms with Crippen LogP contribution in [0.1, 0.15) is 29.0 Å². The van der Waals surface area contributed by atoms with Crippen LogP contribution in [-0.2, 0) is 0 Å². The number of hydrogen-bond acceptors (Lipinski definition) is 3. The van der Waals surface area contributed by atoms with Gasteiger partial charge in [-0.15, -0.1) is 0 Å². The number of aromatic nitrogens is 1. The van der Waals surface area contributed by atoms with E-state index in [1.807, 2.05) is 13.0 Å². The number of phenolic OH excluding ortho intramolecular Hbond substituents is 2. The van der Waals surface area contributed by atoms with E-state index in [0.29, 0.717) is 5.69 Å². The van der Waals surface area contributed by atoms with Gasteiger partial charge < -0.3 is 20.5 Å². The van der Waals surface area contributed by atoms with E-state index in [4.69, 9.17) is 0 Å². The zero-order chi connectivity index (χ0) is 15.7. The Bertz CT molecular complexity index is 839. The summed E-state index contributed by atoms with van der Waals surface area (Å²) < 4.78 is 0. The molecule has 22 heavy (non-hydrogen) atoms. The third kappa shape index (κ3) is 2.74. The van der Waals surface area contributed by atoms with E-state index in [-0.39, 0.29) is 23.4 Å². The van der Waals surface area contributed by atoms with Gasteiger partial charge in [-0.25, -0.2) is 0 Å². The van der Waals surface area contributed by atoms with E-state index in [9.17, 15) is 15.0 Å². The van der Waals surface area contributed by atoms with E-state index >= 15 is 0 Å². The van der Waals surface area contributed by atoms with Crippen molar-refractivity contribution >= 4 is 16.8 Å². The number of carbonyl (C=O) groups is 1. The third-order valence-corrected chi connectivity index (χ3v) is 3.57. The summed E-state index contributed by atoms with van der Waals surface area (Å²) in [6.07, 6.45) is 0. The summed E-state index contributed by atoms with van der Waals surface area (Å²) >= 11 is 0. The number of nitrogens with one attached hydrogen (secondary N) is 2. The highest BCUT2D eigenvalue weighted by Gasteiger charge is 2.14. The van der Waals surface area contributed by atoms with E-state index in [0.717, 1.165) is 16.5 Å². The van der Waals surface area contributed by atoms with Gasteiger partial charge in [0.05, 0.1) is 6.04 Å². The molecule has 0 unspecified atom stereocenters. The third-order valence-electron chi connectivity index (χ3n) is 3.57. The van der Waals surface area contributed by atoms with Crippen molar-refractivity contribution in [3.05, 3.63) is 59.8 Å². The molecule has 4 N–H and O–H groups in total. The molecule has 0 aliphatic rings. The molecule has 0 aliphatic heterocycles. The number of phenols is 2. The summed E-state index contributed by atoms with van der Waals surface area (Å²) in [6, 6.07) is 13.1. The molecule has 0 bridgehead atoms. The van der Waals surface area contributed by atoms with Gasteiger partial charge in [0, 0.05) is 10.9 Å². The lowest BCUT2D eigenvalue weighted by Crippen LogP contribution is -2.26. The van der Waals surface area contributed by atoms with Crippen LogP contribution in [0.25, 0.3) is 10.9 Å². The van der Waals surface area contributed by atoms with Crippen molar-refractivity contribution in [3.63, 3.8) is 0 Å². The van der Waals surface area contributed by atoms with Crippen LogP contribution in [0.2, 0.25) is 0 Å². The molecule has 3 rings (SSSR count). The Morgan fingerprint density at radius 3 is 2.64 bits per heavy atom. The number of benzene rings is 2.